The van der Waals surface area contributed by atoms with E-state index in [0.717, 1.165) is 18.1 Å². The number of benzene rings is 2. The molecule has 6 N–H and O–H groups in total. The van der Waals surface area contributed by atoms with Crippen molar-refractivity contribution >= 4 is 23.6 Å². The van der Waals surface area contributed by atoms with Crippen LogP contribution < -0.4 is 30.7 Å². The molecule has 0 unspecified atom stereocenters. The SMILES string of the molecule is CNC(=O)c1[nH]c(C(=O)NC23CC(OCNC(=O)c4[nH]c(C(=O)N[C@H](C)C(F)(F)F)cc4O[C@H](C)c4ccccc4)(C2)C3)cc1O[C@H](C)c1ccccc1. The molecule has 0 radical (unpaired) electrons. The number of amides is 4. The van der Waals surface area contributed by atoms with Gasteiger partial charge in [-0.1, -0.05) is 60.7 Å². The summed E-state index contributed by atoms with van der Waals surface area (Å²) in [7, 11) is 1.48. The van der Waals surface area contributed by atoms with Gasteiger partial charge in [0.15, 0.2) is 11.5 Å². The molecule has 3 saturated carbocycles. The van der Waals surface area contributed by atoms with Crippen molar-refractivity contribution in [3.63, 3.8) is 0 Å². The Balaban J connectivity index is 1.05. The molecule has 2 aromatic carbocycles. The third kappa shape index (κ3) is 8.07. The lowest BCUT2D eigenvalue weighted by Crippen LogP contribution is -2.79. The van der Waals surface area contributed by atoms with E-state index in [4.69, 9.17) is 14.2 Å². The summed E-state index contributed by atoms with van der Waals surface area (Å²) in [6, 6.07) is 19.0. The van der Waals surface area contributed by atoms with Gasteiger partial charge in [0.1, 0.15) is 47.8 Å². The zero-order chi connectivity index (χ0) is 38.8. The van der Waals surface area contributed by atoms with Gasteiger partial charge >= 0.3 is 6.18 Å². The molecule has 54 heavy (non-hydrogen) atoms. The molecular weight excluding hydrogens is 709 g/mol. The van der Waals surface area contributed by atoms with Gasteiger partial charge in [-0.3, -0.25) is 19.2 Å². The summed E-state index contributed by atoms with van der Waals surface area (Å²) in [6.45, 7) is 4.15. The second-order valence-corrected chi connectivity index (χ2v) is 13.7. The highest BCUT2D eigenvalue weighted by Crippen LogP contribution is 2.62. The van der Waals surface area contributed by atoms with Gasteiger partial charge in [-0.05, 0) is 51.2 Å². The third-order valence-corrected chi connectivity index (χ3v) is 9.69. The van der Waals surface area contributed by atoms with Crippen molar-refractivity contribution in [2.24, 2.45) is 0 Å². The predicted octanol–water partition coefficient (Wildman–Crippen LogP) is 5.47. The number of ether oxygens (including phenoxy) is 3. The van der Waals surface area contributed by atoms with E-state index in [1.54, 1.807) is 19.1 Å². The molecule has 13 nitrogen and oxygen atoms in total. The smallest absolute Gasteiger partial charge is 0.408 e. The highest BCUT2D eigenvalue weighted by molar-refractivity contribution is 6.01. The molecule has 2 heterocycles. The number of carbonyl (C=O) groups excluding carboxylic acids is 4. The lowest BCUT2D eigenvalue weighted by atomic mass is 9.46. The summed E-state index contributed by atoms with van der Waals surface area (Å²) in [5.41, 5.74) is 0.364. The Morgan fingerprint density at radius 2 is 1.22 bits per heavy atom. The molecule has 286 valence electrons. The van der Waals surface area contributed by atoms with Gasteiger partial charge in [-0.2, -0.15) is 13.2 Å². The molecule has 2 aromatic heterocycles. The highest BCUT2D eigenvalue weighted by Gasteiger charge is 2.70. The molecule has 2 bridgehead atoms. The number of hydrogen-bond acceptors (Lipinski definition) is 7. The van der Waals surface area contributed by atoms with Gasteiger partial charge in [0.2, 0.25) is 0 Å². The lowest BCUT2D eigenvalue weighted by molar-refractivity contribution is -0.248. The van der Waals surface area contributed by atoms with Crippen LogP contribution in [0, 0.1) is 0 Å². The number of hydrogen-bond donors (Lipinski definition) is 6. The number of nitrogens with one attached hydrogen (secondary N) is 6. The first-order valence-corrected chi connectivity index (χ1v) is 17.3. The average molecular weight is 751 g/mol. The van der Waals surface area contributed by atoms with Crippen LogP contribution in [0.25, 0.3) is 0 Å². The van der Waals surface area contributed by atoms with Crippen LogP contribution in [0.4, 0.5) is 13.2 Å². The number of H-pyrrole nitrogens is 2. The quantitative estimate of drug-likeness (QED) is 0.0874. The van der Waals surface area contributed by atoms with Crippen LogP contribution in [-0.4, -0.2) is 70.7 Å². The van der Waals surface area contributed by atoms with Crippen molar-refractivity contribution in [3.8, 4) is 11.5 Å². The van der Waals surface area contributed by atoms with E-state index in [0.29, 0.717) is 19.3 Å². The maximum Gasteiger partial charge on any atom is 0.408 e. The van der Waals surface area contributed by atoms with Crippen LogP contribution in [-0.2, 0) is 4.74 Å². The molecule has 4 aromatic rings. The van der Waals surface area contributed by atoms with E-state index in [1.807, 2.05) is 60.8 Å². The van der Waals surface area contributed by atoms with Gasteiger partial charge < -0.3 is 45.4 Å². The van der Waals surface area contributed by atoms with Crippen molar-refractivity contribution in [1.29, 1.82) is 0 Å². The van der Waals surface area contributed by atoms with Crippen molar-refractivity contribution in [2.45, 2.75) is 75.6 Å². The number of carbonyl (C=O) groups is 4. The van der Waals surface area contributed by atoms with Crippen LogP contribution in [0.3, 0.4) is 0 Å². The summed E-state index contributed by atoms with van der Waals surface area (Å²) >= 11 is 0. The Bertz CT molecular complexity index is 1990. The van der Waals surface area contributed by atoms with E-state index in [1.165, 1.54) is 19.2 Å². The largest absolute Gasteiger partial charge is 0.484 e. The standard InChI is InChI=1S/C38H41F3N6O7/c1-21(24-11-7-5-8-12-24)53-28-16-27(46-30(28)34(50)42-4)33(49)47-36-17-37(18-36,19-36)52-20-43-35(51)31-29(54-22(2)25-13-9-6-10-14-25)15-26(45-31)32(48)44-23(3)38(39,40)41/h5-16,21-23,45-46H,17-20H2,1-4H3,(H,42,50)(H,43,51)(H,44,48)(H,47,49)/t21-,22-,23-,36?,37?/m1/s1. The molecule has 3 atom stereocenters. The van der Waals surface area contributed by atoms with Crippen molar-refractivity contribution in [1.82, 2.24) is 31.2 Å². The van der Waals surface area contributed by atoms with Crippen LogP contribution in [0.1, 0.15) is 105 Å². The molecule has 0 saturated heterocycles. The number of aromatic nitrogens is 2. The first-order chi connectivity index (χ1) is 25.6. The third-order valence-electron chi connectivity index (χ3n) is 9.69. The fourth-order valence-corrected chi connectivity index (χ4v) is 6.72. The molecule has 4 amide bonds. The zero-order valence-electron chi connectivity index (χ0n) is 30.0. The molecule has 3 aliphatic carbocycles. The Morgan fingerprint density at radius 1 is 0.741 bits per heavy atom. The highest BCUT2D eigenvalue weighted by atomic mass is 19.4. The maximum atomic E-state index is 13.3. The summed E-state index contributed by atoms with van der Waals surface area (Å²) in [4.78, 5) is 57.4. The van der Waals surface area contributed by atoms with E-state index in [9.17, 15) is 32.3 Å². The van der Waals surface area contributed by atoms with Crippen LogP contribution >= 0.6 is 0 Å². The van der Waals surface area contributed by atoms with Crippen molar-refractivity contribution in [2.75, 3.05) is 13.8 Å². The second-order valence-electron chi connectivity index (χ2n) is 13.7. The van der Waals surface area contributed by atoms with Gasteiger partial charge in [-0.15, -0.1) is 0 Å². The van der Waals surface area contributed by atoms with Crippen molar-refractivity contribution in [3.05, 3.63) is 107 Å². The lowest BCUT2D eigenvalue weighted by Gasteiger charge is -2.69. The molecule has 3 fully saturated rings. The van der Waals surface area contributed by atoms with Gasteiger partial charge in [-0.25, -0.2) is 0 Å². The topological polar surface area (TPSA) is 176 Å². The number of alkyl halides is 3. The average Bonchev–Trinajstić information content (AvgIpc) is 3.74. The fourth-order valence-electron chi connectivity index (χ4n) is 6.72. The fraction of sp³-hybridized carbons (Fsp3) is 0.368. The molecule has 0 aliphatic heterocycles. The molecular formula is C38H41F3N6O7. The molecule has 0 spiro atoms. The minimum Gasteiger partial charge on any atom is -0.484 e. The van der Waals surface area contributed by atoms with E-state index < -0.39 is 53.1 Å². The Kier molecular flexibility index (Phi) is 10.5. The van der Waals surface area contributed by atoms with Gasteiger partial charge in [0.25, 0.3) is 23.6 Å². The monoisotopic (exact) mass is 750 g/mol. The molecule has 3 aliphatic rings. The second kappa shape index (κ2) is 14.9. The molecule has 7 rings (SSSR count). The Labute approximate surface area is 308 Å². The normalized spacial score (nSPS) is 20.3. The van der Waals surface area contributed by atoms with Gasteiger partial charge in [0, 0.05) is 24.7 Å². The Morgan fingerprint density at radius 3 is 1.70 bits per heavy atom. The number of halogens is 3. The molecule has 16 heteroatoms. The minimum absolute atomic E-state index is 0.0344. The first kappa shape index (κ1) is 38.0. The zero-order valence-corrected chi connectivity index (χ0v) is 30.0. The summed E-state index contributed by atoms with van der Waals surface area (Å²) < 4.78 is 57.4. The first-order valence-electron chi connectivity index (χ1n) is 17.3. The maximum absolute atomic E-state index is 13.3. The van der Waals surface area contributed by atoms with Crippen molar-refractivity contribution < 1.29 is 46.6 Å². The van der Waals surface area contributed by atoms with Crippen LogP contribution in [0.15, 0.2) is 72.8 Å². The predicted molar refractivity (Wildman–Crippen MR) is 189 cm³/mol. The van der Waals surface area contributed by atoms with Crippen LogP contribution in [0.2, 0.25) is 0 Å². The summed E-state index contributed by atoms with van der Waals surface area (Å²) in [6.07, 6.45) is -4.19. The summed E-state index contributed by atoms with van der Waals surface area (Å²) in [5, 5.41) is 10.1. The number of aromatic amines is 2. The van der Waals surface area contributed by atoms with E-state index >= 15 is 0 Å². The number of rotatable bonds is 15. The van der Waals surface area contributed by atoms with Gasteiger partial charge in [0.05, 0.1) is 5.60 Å². The Hall–Kier alpha value is -5.77. The van der Waals surface area contributed by atoms with E-state index in [-0.39, 0.29) is 47.1 Å². The van der Waals surface area contributed by atoms with Crippen LogP contribution in [0.5, 0.6) is 11.5 Å². The van der Waals surface area contributed by atoms with E-state index in [2.05, 4.69) is 25.9 Å². The minimum atomic E-state index is -4.66. The summed E-state index contributed by atoms with van der Waals surface area (Å²) in [5.74, 6) is -2.43.